The van der Waals surface area contributed by atoms with Crippen LogP contribution in [0.25, 0.3) is 0 Å². The van der Waals surface area contributed by atoms with Crippen molar-refractivity contribution in [2.24, 2.45) is 5.73 Å². The zero-order valence-corrected chi connectivity index (χ0v) is 13.2. The predicted molar refractivity (Wildman–Crippen MR) is 86.1 cm³/mol. The van der Waals surface area contributed by atoms with Crippen LogP contribution in [0.5, 0.6) is 11.5 Å². The quantitative estimate of drug-likeness (QED) is 0.839. The molecule has 3 nitrogen and oxygen atoms in total. The molecule has 22 heavy (non-hydrogen) atoms. The van der Waals surface area contributed by atoms with Crippen molar-refractivity contribution in [3.63, 3.8) is 0 Å². The molecular weight excluding hydrogens is 305 g/mol. The maximum absolute atomic E-state index is 13.0. The van der Waals surface area contributed by atoms with Crippen molar-refractivity contribution in [1.29, 1.82) is 0 Å². The van der Waals surface area contributed by atoms with E-state index in [0.29, 0.717) is 29.7 Å². The van der Waals surface area contributed by atoms with Crippen molar-refractivity contribution >= 4 is 11.6 Å². The van der Waals surface area contributed by atoms with Gasteiger partial charge in [-0.15, -0.1) is 0 Å². The fourth-order valence-electron chi connectivity index (χ4n) is 2.06. The van der Waals surface area contributed by atoms with E-state index < -0.39 is 0 Å². The Labute approximate surface area is 134 Å². The summed E-state index contributed by atoms with van der Waals surface area (Å²) in [5, 5.41) is 0.345. The van der Waals surface area contributed by atoms with E-state index in [9.17, 15) is 4.39 Å². The van der Waals surface area contributed by atoms with Gasteiger partial charge in [0.15, 0.2) is 11.5 Å². The Morgan fingerprint density at radius 1 is 1.09 bits per heavy atom. The van der Waals surface area contributed by atoms with Gasteiger partial charge in [-0.25, -0.2) is 4.39 Å². The Kier molecular flexibility index (Phi) is 6.04. The monoisotopic (exact) mass is 323 g/mol. The zero-order valence-electron chi connectivity index (χ0n) is 12.4. The van der Waals surface area contributed by atoms with E-state index in [0.717, 1.165) is 17.5 Å². The molecule has 0 aliphatic carbocycles. The van der Waals surface area contributed by atoms with Gasteiger partial charge in [0.05, 0.1) is 11.6 Å². The van der Waals surface area contributed by atoms with Gasteiger partial charge in [-0.2, -0.15) is 0 Å². The predicted octanol–water partition coefficient (Wildman–Crippen LogP) is 3.96. The molecule has 0 fully saturated rings. The van der Waals surface area contributed by atoms with Crippen molar-refractivity contribution in [1.82, 2.24) is 0 Å². The minimum absolute atomic E-state index is 0.245. The van der Waals surface area contributed by atoms with E-state index in [2.05, 4.69) is 0 Å². The smallest absolute Gasteiger partial charge is 0.161 e. The minimum atomic E-state index is -0.366. The van der Waals surface area contributed by atoms with Crippen LogP contribution in [-0.2, 0) is 13.0 Å². The van der Waals surface area contributed by atoms with Gasteiger partial charge in [0, 0.05) is 5.56 Å². The molecule has 0 radical (unpaired) electrons. The molecule has 0 unspecified atom stereocenters. The van der Waals surface area contributed by atoms with Gasteiger partial charge in [0.25, 0.3) is 0 Å². The summed E-state index contributed by atoms with van der Waals surface area (Å²) in [6.07, 6.45) is 0.782. The molecule has 0 spiro atoms. The number of nitrogens with two attached hydrogens (primary N) is 1. The van der Waals surface area contributed by atoms with Crippen molar-refractivity contribution in [3.8, 4) is 11.5 Å². The highest BCUT2D eigenvalue weighted by atomic mass is 35.5. The molecule has 0 heterocycles. The number of halogens is 2. The molecule has 0 atom stereocenters. The summed E-state index contributed by atoms with van der Waals surface area (Å²) < 4.78 is 24.4. The fraction of sp³-hybridized carbons (Fsp3) is 0.294. The summed E-state index contributed by atoms with van der Waals surface area (Å²) in [4.78, 5) is 0. The molecule has 0 aliphatic heterocycles. The Hall–Kier alpha value is -1.78. The van der Waals surface area contributed by atoms with Crippen LogP contribution in [0.1, 0.15) is 18.1 Å². The Balaban J connectivity index is 2.14. The lowest BCUT2D eigenvalue weighted by atomic mass is 10.1. The van der Waals surface area contributed by atoms with E-state index in [1.807, 2.05) is 25.1 Å². The summed E-state index contributed by atoms with van der Waals surface area (Å²) in [5.41, 5.74) is 7.38. The lowest BCUT2D eigenvalue weighted by molar-refractivity contribution is 0.269. The van der Waals surface area contributed by atoms with Gasteiger partial charge in [-0.3, -0.25) is 0 Å². The topological polar surface area (TPSA) is 44.5 Å². The van der Waals surface area contributed by atoms with Crippen molar-refractivity contribution < 1.29 is 13.9 Å². The Morgan fingerprint density at radius 2 is 1.91 bits per heavy atom. The third kappa shape index (κ3) is 4.36. The molecule has 0 saturated carbocycles. The van der Waals surface area contributed by atoms with Crippen LogP contribution in [0.3, 0.4) is 0 Å². The van der Waals surface area contributed by atoms with Crippen LogP contribution < -0.4 is 15.2 Å². The highest BCUT2D eigenvalue weighted by Crippen LogP contribution is 2.30. The summed E-state index contributed by atoms with van der Waals surface area (Å²) in [5.74, 6) is 0.935. The molecule has 118 valence electrons. The summed E-state index contributed by atoms with van der Waals surface area (Å²) in [6, 6.07) is 9.98. The summed E-state index contributed by atoms with van der Waals surface area (Å²) >= 11 is 6.00. The number of hydrogen-bond acceptors (Lipinski definition) is 3. The van der Waals surface area contributed by atoms with Gasteiger partial charge < -0.3 is 15.2 Å². The zero-order chi connectivity index (χ0) is 15.9. The van der Waals surface area contributed by atoms with Crippen LogP contribution in [0.2, 0.25) is 5.02 Å². The fourth-order valence-corrected chi connectivity index (χ4v) is 2.28. The largest absolute Gasteiger partial charge is 0.490 e. The highest BCUT2D eigenvalue weighted by Gasteiger charge is 2.09. The van der Waals surface area contributed by atoms with E-state index in [1.165, 1.54) is 12.1 Å². The van der Waals surface area contributed by atoms with E-state index in [1.54, 1.807) is 6.07 Å². The Morgan fingerprint density at radius 3 is 2.59 bits per heavy atom. The molecule has 5 heteroatoms. The van der Waals surface area contributed by atoms with Crippen LogP contribution in [0.4, 0.5) is 4.39 Å². The van der Waals surface area contributed by atoms with Crippen molar-refractivity contribution in [3.05, 3.63) is 58.4 Å². The third-order valence-corrected chi connectivity index (χ3v) is 3.49. The maximum atomic E-state index is 13.0. The molecule has 0 aliphatic rings. The van der Waals surface area contributed by atoms with Gasteiger partial charge >= 0.3 is 0 Å². The highest BCUT2D eigenvalue weighted by molar-refractivity contribution is 6.31. The first-order chi connectivity index (χ1) is 10.6. The average Bonchev–Trinajstić information content (AvgIpc) is 2.49. The second-order valence-electron chi connectivity index (χ2n) is 4.78. The molecule has 2 rings (SSSR count). The molecule has 0 bridgehead atoms. The number of rotatable bonds is 7. The van der Waals surface area contributed by atoms with Crippen LogP contribution in [-0.4, -0.2) is 13.2 Å². The van der Waals surface area contributed by atoms with Gasteiger partial charge in [-0.05, 0) is 49.7 Å². The van der Waals surface area contributed by atoms with Crippen molar-refractivity contribution in [2.75, 3.05) is 13.2 Å². The average molecular weight is 324 g/mol. The second kappa shape index (κ2) is 8.01. The first-order valence-corrected chi connectivity index (χ1v) is 7.54. The number of benzene rings is 2. The SMILES string of the molecule is CCOc1cc(CCN)ccc1OCc1ccc(F)cc1Cl. The molecule has 2 N–H and O–H groups in total. The molecule has 0 saturated heterocycles. The molecule has 2 aromatic carbocycles. The lowest BCUT2D eigenvalue weighted by Crippen LogP contribution is -2.04. The van der Waals surface area contributed by atoms with Crippen molar-refractivity contribution in [2.45, 2.75) is 20.0 Å². The summed E-state index contributed by atoms with van der Waals surface area (Å²) in [6.45, 7) is 3.28. The molecular formula is C17H19ClFNO2. The van der Waals surface area contributed by atoms with E-state index >= 15 is 0 Å². The Bertz CT molecular complexity index is 634. The van der Waals surface area contributed by atoms with Gasteiger partial charge in [0.2, 0.25) is 0 Å². The van der Waals surface area contributed by atoms with Gasteiger partial charge in [0.1, 0.15) is 12.4 Å². The number of hydrogen-bond donors (Lipinski definition) is 1. The molecule has 0 aromatic heterocycles. The third-order valence-electron chi connectivity index (χ3n) is 3.14. The molecule has 0 amide bonds. The standard InChI is InChI=1S/C17H19ClFNO2/c1-2-21-17-9-12(7-8-20)3-6-16(17)22-11-13-4-5-14(19)10-15(13)18/h3-6,9-10H,2,7-8,11,20H2,1H3. The lowest BCUT2D eigenvalue weighted by Gasteiger charge is -2.14. The first kappa shape index (κ1) is 16.6. The van der Waals surface area contributed by atoms with Crippen LogP contribution in [0.15, 0.2) is 36.4 Å². The second-order valence-corrected chi connectivity index (χ2v) is 5.18. The van der Waals surface area contributed by atoms with E-state index in [-0.39, 0.29) is 12.4 Å². The van der Waals surface area contributed by atoms with E-state index in [4.69, 9.17) is 26.8 Å². The first-order valence-electron chi connectivity index (χ1n) is 7.16. The number of ether oxygens (including phenoxy) is 2. The van der Waals surface area contributed by atoms with Crippen LogP contribution in [0, 0.1) is 5.82 Å². The maximum Gasteiger partial charge on any atom is 0.161 e. The van der Waals surface area contributed by atoms with Gasteiger partial charge in [-0.1, -0.05) is 23.7 Å². The normalized spacial score (nSPS) is 10.5. The van der Waals surface area contributed by atoms with Crippen LogP contribution >= 0.6 is 11.6 Å². The summed E-state index contributed by atoms with van der Waals surface area (Å²) in [7, 11) is 0. The minimum Gasteiger partial charge on any atom is -0.490 e. The molecule has 2 aromatic rings.